The quantitative estimate of drug-likeness (QED) is 0.125. The molecule has 0 aliphatic carbocycles. The van der Waals surface area contributed by atoms with Crippen molar-refractivity contribution in [2.24, 2.45) is 0 Å². The molecule has 0 aliphatic heterocycles. The summed E-state index contributed by atoms with van der Waals surface area (Å²) in [5.74, 6) is 1.23. The van der Waals surface area contributed by atoms with Crippen LogP contribution in [0.2, 0.25) is 0 Å². The zero-order chi connectivity index (χ0) is 35.1. The number of thioether (sulfide) groups is 2. The summed E-state index contributed by atoms with van der Waals surface area (Å²) in [5, 5.41) is 29.4. The Labute approximate surface area is 292 Å². The Balaban J connectivity index is 1.38. The first-order chi connectivity index (χ1) is 21.8. The van der Waals surface area contributed by atoms with Gasteiger partial charge >= 0.3 is 11.9 Å². The number of phenols is 2. The second-order valence-corrected chi connectivity index (χ2v) is 17.7. The third kappa shape index (κ3) is 12.0. The molecule has 2 unspecified atom stereocenters. The van der Waals surface area contributed by atoms with Crippen molar-refractivity contribution in [1.82, 2.24) is 10.2 Å². The number of aromatic nitrogens is 2. The van der Waals surface area contributed by atoms with E-state index in [2.05, 4.69) is 51.7 Å². The number of esters is 2. The number of rotatable bonds is 14. The third-order valence-electron chi connectivity index (χ3n) is 7.51. The number of ether oxygens (including phenoxy) is 2. The van der Waals surface area contributed by atoms with Crippen molar-refractivity contribution in [3.05, 3.63) is 57.6 Å². The lowest BCUT2D eigenvalue weighted by molar-refractivity contribution is -0.148. The van der Waals surface area contributed by atoms with E-state index in [0.29, 0.717) is 35.8 Å². The molecule has 47 heavy (non-hydrogen) atoms. The fourth-order valence-electron chi connectivity index (χ4n) is 4.96. The highest BCUT2D eigenvalue weighted by molar-refractivity contribution is 8.03. The van der Waals surface area contributed by atoms with Crippen molar-refractivity contribution in [2.45, 2.75) is 127 Å². The maximum atomic E-state index is 12.5. The average Bonchev–Trinajstić information content (AvgIpc) is 3.42. The van der Waals surface area contributed by atoms with Gasteiger partial charge in [-0.3, -0.25) is 9.59 Å². The van der Waals surface area contributed by atoms with Crippen molar-refractivity contribution < 1.29 is 29.3 Å². The number of hydrogen-bond acceptors (Lipinski definition) is 11. The zero-order valence-corrected chi connectivity index (χ0v) is 31.8. The van der Waals surface area contributed by atoms with Crippen LogP contribution in [0.5, 0.6) is 11.5 Å². The molecule has 1 heterocycles. The number of aromatic hydroxyl groups is 2. The molecule has 0 fully saturated rings. The fraction of sp³-hybridized carbons (Fsp3) is 0.556. The van der Waals surface area contributed by atoms with Gasteiger partial charge in [0.2, 0.25) is 0 Å². The van der Waals surface area contributed by atoms with Gasteiger partial charge in [0.25, 0.3) is 0 Å². The molecular weight excluding hydrogens is 653 g/mol. The minimum absolute atomic E-state index is 0.197. The van der Waals surface area contributed by atoms with E-state index >= 15 is 0 Å². The van der Waals surface area contributed by atoms with Crippen LogP contribution in [0, 0.1) is 13.8 Å². The molecular formula is C36H50N2O6S3. The van der Waals surface area contributed by atoms with Gasteiger partial charge in [-0.25, -0.2) is 0 Å². The van der Waals surface area contributed by atoms with Crippen LogP contribution in [0.4, 0.5) is 0 Å². The second-order valence-electron chi connectivity index (χ2n) is 14.2. The Morgan fingerprint density at radius 1 is 0.723 bits per heavy atom. The average molecular weight is 703 g/mol. The molecule has 2 atom stereocenters. The van der Waals surface area contributed by atoms with E-state index in [1.165, 1.54) is 34.9 Å². The lowest BCUT2D eigenvalue weighted by atomic mass is 9.83. The van der Waals surface area contributed by atoms with Crippen LogP contribution in [0.3, 0.4) is 0 Å². The van der Waals surface area contributed by atoms with Gasteiger partial charge in [-0.15, -0.1) is 10.2 Å². The number of nitrogens with zero attached hydrogens (tertiary/aromatic N) is 2. The highest BCUT2D eigenvalue weighted by Gasteiger charge is 2.22. The van der Waals surface area contributed by atoms with Crippen LogP contribution in [0.15, 0.2) is 32.9 Å². The molecule has 2 N–H and O–H groups in total. The highest BCUT2D eigenvalue weighted by Crippen LogP contribution is 2.36. The molecule has 3 rings (SSSR count). The molecule has 11 heteroatoms. The van der Waals surface area contributed by atoms with Crippen LogP contribution in [-0.4, -0.2) is 56.1 Å². The largest absolute Gasteiger partial charge is 0.507 e. The summed E-state index contributed by atoms with van der Waals surface area (Å²) in [7, 11) is 0. The summed E-state index contributed by atoms with van der Waals surface area (Å²) >= 11 is 4.45. The van der Waals surface area contributed by atoms with Crippen molar-refractivity contribution in [3.8, 4) is 11.5 Å². The van der Waals surface area contributed by atoms with Crippen molar-refractivity contribution in [1.29, 1.82) is 0 Å². The summed E-state index contributed by atoms with van der Waals surface area (Å²) in [4.78, 5) is 25.1. The van der Waals surface area contributed by atoms with E-state index in [4.69, 9.17) is 9.47 Å². The first kappa shape index (κ1) is 38.7. The van der Waals surface area contributed by atoms with Gasteiger partial charge in [0, 0.05) is 24.3 Å². The summed E-state index contributed by atoms with van der Waals surface area (Å²) < 4.78 is 12.8. The number of phenolic OH excluding ortho intramolecular Hbond substituents is 2. The predicted molar refractivity (Wildman–Crippen MR) is 192 cm³/mol. The van der Waals surface area contributed by atoms with E-state index in [0.717, 1.165) is 42.1 Å². The van der Waals surface area contributed by atoms with Crippen molar-refractivity contribution in [2.75, 3.05) is 11.5 Å². The molecule has 0 aliphatic rings. The fourth-order valence-corrected chi connectivity index (χ4v) is 7.87. The van der Waals surface area contributed by atoms with Gasteiger partial charge in [-0.2, -0.15) is 0 Å². The van der Waals surface area contributed by atoms with Gasteiger partial charge < -0.3 is 19.7 Å². The van der Waals surface area contributed by atoms with E-state index in [9.17, 15) is 19.8 Å². The first-order valence-electron chi connectivity index (χ1n) is 16.0. The number of carbonyl (C=O) groups is 2. The minimum Gasteiger partial charge on any atom is -0.507 e. The van der Waals surface area contributed by atoms with Gasteiger partial charge in [-0.05, 0) is 84.7 Å². The molecule has 0 amide bonds. The molecule has 0 radical (unpaired) electrons. The first-order valence-corrected chi connectivity index (χ1v) is 18.8. The number of aryl methyl sites for hydroxylation is 4. The topological polar surface area (TPSA) is 119 Å². The zero-order valence-electron chi connectivity index (χ0n) is 29.4. The van der Waals surface area contributed by atoms with Crippen LogP contribution >= 0.6 is 34.9 Å². The standard InChI is InChI=1S/C36H50N2O6S3/c1-21-15-25(17-27(31(21)41)35(5,6)7)11-13-29(39)43-23(3)19-45-33-37-38-34(47-33)46-20-24(4)44-30(40)14-12-26-16-22(2)32(42)28(18-26)36(8,9)10/h15-18,23-24,41-42H,11-14,19-20H2,1-10H3. The Morgan fingerprint density at radius 3 is 1.43 bits per heavy atom. The number of carbonyl (C=O) groups excluding carboxylic acids is 2. The van der Waals surface area contributed by atoms with Gasteiger partial charge in [0.1, 0.15) is 23.7 Å². The third-order valence-corrected chi connectivity index (χ3v) is 11.2. The maximum absolute atomic E-state index is 12.5. The van der Waals surface area contributed by atoms with Gasteiger partial charge in [0.05, 0.1) is 0 Å². The molecule has 8 nitrogen and oxygen atoms in total. The van der Waals surface area contributed by atoms with E-state index < -0.39 is 0 Å². The van der Waals surface area contributed by atoms with Crippen molar-refractivity contribution >= 4 is 46.8 Å². The molecule has 1 aromatic heterocycles. The highest BCUT2D eigenvalue weighted by atomic mass is 32.2. The monoisotopic (exact) mass is 702 g/mol. The SMILES string of the molecule is Cc1cc(CCC(=O)OC(C)CSc2nnc(SCC(C)OC(=O)CCc3cc(C)c(O)c(C(C)(C)C)c3)s2)cc(C(C)(C)C)c1O. The van der Waals surface area contributed by atoms with Gasteiger partial charge in [-0.1, -0.05) is 101 Å². The van der Waals surface area contributed by atoms with Crippen LogP contribution in [0.1, 0.15) is 102 Å². The smallest absolute Gasteiger partial charge is 0.306 e. The molecule has 0 bridgehead atoms. The molecule has 258 valence electrons. The number of hydrogen-bond donors (Lipinski definition) is 2. The Hall–Kier alpha value is -2.76. The minimum atomic E-state index is -0.288. The van der Waals surface area contributed by atoms with Crippen LogP contribution in [0.25, 0.3) is 0 Å². The summed E-state index contributed by atoms with van der Waals surface area (Å²) in [6.45, 7) is 19.8. The van der Waals surface area contributed by atoms with Crippen molar-refractivity contribution in [3.63, 3.8) is 0 Å². The predicted octanol–water partition coefficient (Wildman–Crippen LogP) is 8.47. The molecule has 0 spiro atoms. The van der Waals surface area contributed by atoms with E-state index in [-0.39, 0.29) is 47.8 Å². The van der Waals surface area contributed by atoms with E-state index in [1.54, 1.807) is 0 Å². The maximum Gasteiger partial charge on any atom is 0.306 e. The van der Waals surface area contributed by atoms with Gasteiger partial charge in [0.15, 0.2) is 8.68 Å². The summed E-state index contributed by atoms with van der Waals surface area (Å²) in [5.41, 5.74) is 4.99. The van der Waals surface area contributed by atoms with E-state index in [1.807, 2.05) is 52.0 Å². The normalized spacial score (nSPS) is 13.3. The Morgan fingerprint density at radius 2 is 1.09 bits per heavy atom. The second kappa shape index (κ2) is 16.6. The Bertz CT molecular complexity index is 1430. The lowest BCUT2D eigenvalue weighted by Gasteiger charge is -2.22. The number of benzene rings is 2. The molecule has 0 saturated carbocycles. The Kier molecular flexibility index (Phi) is 13.6. The molecule has 2 aromatic carbocycles. The summed E-state index contributed by atoms with van der Waals surface area (Å²) in [6.07, 6.45) is 1.04. The molecule has 3 aromatic rings. The van der Waals surface area contributed by atoms with Crippen LogP contribution in [-0.2, 0) is 42.7 Å². The molecule has 0 saturated heterocycles. The summed E-state index contributed by atoms with van der Waals surface area (Å²) in [6, 6.07) is 7.81. The lowest BCUT2D eigenvalue weighted by Crippen LogP contribution is -2.18. The van der Waals surface area contributed by atoms with Crippen LogP contribution < -0.4 is 0 Å².